The number of β-amino-alcohol motifs (C(OH)–C–C–N with tert-alkyl or cyclic N) is 1. The second-order valence-electron chi connectivity index (χ2n) is 11.3. The molecule has 0 spiro atoms. The molecule has 0 amide bonds. The first-order valence-corrected chi connectivity index (χ1v) is 15.9. The fraction of sp³-hybridized carbons (Fsp3) is 0.719. The molecule has 2 rings (SSSR count). The van der Waals surface area contributed by atoms with Crippen molar-refractivity contribution in [3.05, 3.63) is 29.8 Å². The molecular weight excluding hydrogens is 584 g/mol. The van der Waals surface area contributed by atoms with Gasteiger partial charge in [-0.1, -0.05) is 25.5 Å². The summed E-state index contributed by atoms with van der Waals surface area (Å²) in [4.78, 5) is 44.8. The third-order valence-corrected chi connectivity index (χ3v) is 8.08. The van der Waals surface area contributed by atoms with Crippen LogP contribution >= 0.6 is 0 Å². The number of aliphatic hydroxyl groups is 1. The van der Waals surface area contributed by atoms with Crippen LogP contribution < -0.4 is 4.74 Å². The Morgan fingerprint density at radius 3 is 1.84 bits per heavy atom. The molecule has 1 aliphatic rings. The van der Waals surface area contributed by atoms with Crippen molar-refractivity contribution in [3.8, 4) is 5.75 Å². The number of carboxylic acids is 1. The summed E-state index contributed by atoms with van der Waals surface area (Å²) in [5.41, 5.74) is 1.12. The van der Waals surface area contributed by atoms with Crippen LogP contribution in [0.1, 0.15) is 38.2 Å². The summed E-state index contributed by atoms with van der Waals surface area (Å²) in [7, 11) is 4.11. The minimum Gasteiger partial charge on any atom is -0.494 e. The van der Waals surface area contributed by atoms with Gasteiger partial charge >= 0.3 is 17.9 Å². The minimum atomic E-state index is -1.00. The molecule has 0 radical (unpaired) electrons. The number of aliphatic hydroxyl groups excluding tert-OH is 1. The van der Waals surface area contributed by atoms with Gasteiger partial charge < -0.3 is 29.2 Å². The van der Waals surface area contributed by atoms with Crippen molar-refractivity contribution in [1.82, 2.24) is 19.6 Å². The third-order valence-electron chi connectivity index (χ3n) is 8.08. The highest BCUT2D eigenvalue weighted by atomic mass is 16.6. The Bertz CT molecular complexity index is 997. The zero-order valence-electron chi connectivity index (χ0n) is 27.5. The number of carbonyl (C=O) groups is 3. The first-order chi connectivity index (χ1) is 21.7. The molecule has 2 N–H and O–H groups in total. The van der Waals surface area contributed by atoms with E-state index >= 15 is 0 Å². The third kappa shape index (κ3) is 15.4. The predicted molar refractivity (Wildman–Crippen MR) is 169 cm³/mol. The quantitative estimate of drug-likeness (QED) is 0.143. The molecule has 2 unspecified atom stereocenters. The van der Waals surface area contributed by atoms with Gasteiger partial charge in [-0.15, -0.1) is 0 Å². The first-order valence-electron chi connectivity index (χ1n) is 15.9. The van der Waals surface area contributed by atoms with Gasteiger partial charge in [-0.3, -0.25) is 34.0 Å². The Morgan fingerprint density at radius 1 is 0.800 bits per heavy atom. The molecule has 1 fully saturated rings. The molecular formula is C32H54N4O9. The summed E-state index contributed by atoms with van der Waals surface area (Å²) in [6.45, 7) is 6.92. The lowest BCUT2D eigenvalue weighted by Crippen LogP contribution is -2.52. The Hall–Kier alpha value is -2.81. The predicted octanol–water partition coefficient (Wildman–Crippen LogP) is 1.17. The number of esters is 2. The second kappa shape index (κ2) is 21.8. The van der Waals surface area contributed by atoms with Crippen molar-refractivity contribution < 1.29 is 43.5 Å². The molecule has 1 aromatic rings. The molecule has 13 nitrogen and oxygen atoms in total. The topological polar surface area (TPSA) is 142 Å². The van der Waals surface area contributed by atoms with Crippen molar-refractivity contribution in [1.29, 1.82) is 0 Å². The maximum atomic E-state index is 12.6. The number of aliphatic carboxylic acids is 1. The van der Waals surface area contributed by atoms with Crippen LogP contribution in [0, 0.1) is 0 Å². The zero-order chi connectivity index (χ0) is 33.0. The number of rotatable bonds is 17. The van der Waals surface area contributed by atoms with E-state index in [4.69, 9.17) is 18.9 Å². The monoisotopic (exact) mass is 638 g/mol. The van der Waals surface area contributed by atoms with E-state index in [1.54, 1.807) is 0 Å². The van der Waals surface area contributed by atoms with Gasteiger partial charge in [-0.05, 0) is 43.4 Å². The molecule has 1 aromatic carbocycles. The number of hydrogen-bond acceptors (Lipinski definition) is 12. The summed E-state index contributed by atoms with van der Waals surface area (Å²) < 4.78 is 20.6. The van der Waals surface area contributed by atoms with E-state index in [9.17, 15) is 24.6 Å². The van der Waals surface area contributed by atoms with Crippen LogP contribution in [0.5, 0.6) is 5.75 Å². The van der Waals surface area contributed by atoms with Gasteiger partial charge in [0.05, 0.1) is 33.9 Å². The number of carbonyl (C=O) groups excluding carboxylic acids is 2. The van der Waals surface area contributed by atoms with Crippen LogP contribution in [0.15, 0.2) is 24.3 Å². The highest BCUT2D eigenvalue weighted by Crippen LogP contribution is 2.17. The number of nitrogens with zero attached hydrogens (tertiary/aromatic N) is 4. The molecule has 256 valence electrons. The van der Waals surface area contributed by atoms with Crippen molar-refractivity contribution in [2.24, 2.45) is 0 Å². The highest BCUT2D eigenvalue weighted by Gasteiger charge is 2.28. The van der Waals surface area contributed by atoms with Crippen molar-refractivity contribution >= 4 is 17.9 Å². The normalized spacial score (nSPS) is 17.9. The lowest BCUT2D eigenvalue weighted by atomic mass is 10.0. The maximum absolute atomic E-state index is 12.6. The van der Waals surface area contributed by atoms with Gasteiger partial charge in [-0.25, -0.2) is 0 Å². The van der Waals surface area contributed by atoms with Gasteiger partial charge in [0.2, 0.25) is 0 Å². The molecule has 2 atom stereocenters. The summed E-state index contributed by atoms with van der Waals surface area (Å²) in [5.74, 6) is -0.807. The molecule has 13 heteroatoms. The summed E-state index contributed by atoms with van der Waals surface area (Å²) in [6.07, 6.45) is 2.96. The smallest absolute Gasteiger partial charge is 0.320 e. The Labute approximate surface area is 267 Å². The fourth-order valence-corrected chi connectivity index (χ4v) is 5.20. The van der Waals surface area contributed by atoms with E-state index in [1.165, 1.54) is 21.3 Å². The molecule has 0 bridgehead atoms. The standard InChI is InChI=1S/C32H54N4O9/c1-5-6-22-45-27-12-10-26(11-13-27)8-7-9-28(32(40)41)36-20-18-34(24-30(38)43-3)16-14-33(23-29(37)42-2)15-17-35(19-21-36)25-31(39)44-4/h10-13,28,30,38H,5-9,14-25H2,1-4H3,(H,40,41). The average molecular weight is 639 g/mol. The number of ether oxygens (including phenoxy) is 4. The van der Waals surface area contributed by atoms with Crippen LogP contribution in [0.4, 0.5) is 0 Å². The van der Waals surface area contributed by atoms with E-state index in [0.717, 1.165) is 30.6 Å². The van der Waals surface area contributed by atoms with Crippen LogP contribution in [0.25, 0.3) is 0 Å². The molecule has 0 aliphatic carbocycles. The van der Waals surface area contributed by atoms with Gasteiger partial charge in [0, 0.05) is 66.0 Å². The SMILES string of the molecule is CCCCOc1ccc(CCCC(C(=O)O)N2CCN(CC(=O)OC)CCN(CC(=O)OC)CCN(CC(O)OC)CC2)cc1. The number of unbranched alkanes of at least 4 members (excludes halogenated alkanes) is 1. The van der Waals surface area contributed by atoms with Crippen LogP contribution in [0.2, 0.25) is 0 Å². The molecule has 1 heterocycles. The molecule has 0 saturated carbocycles. The Morgan fingerprint density at radius 2 is 1.33 bits per heavy atom. The number of benzene rings is 1. The van der Waals surface area contributed by atoms with Crippen molar-refractivity contribution in [2.75, 3.05) is 99.9 Å². The van der Waals surface area contributed by atoms with Crippen LogP contribution in [-0.2, 0) is 35.0 Å². The molecule has 1 aliphatic heterocycles. The zero-order valence-corrected chi connectivity index (χ0v) is 27.5. The number of hydrogen-bond donors (Lipinski definition) is 2. The number of methoxy groups -OCH3 is 3. The largest absolute Gasteiger partial charge is 0.494 e. The summed E-state index contributed by atoms with van der Waals surface area (Å²) >= 11 is 0. The summed E-state index contributed by atoms with van der Waals surface area (Å²) in [6, 6.07) is 7.25. The van der Waals surface area contributed by atoms with Crippen molar-refractivity contribution in [3.63, 3.8) is 0 Å². The van der Waals surface area contributed by atoms with Gasteiger partial charge in [0.15, 0.2) is 6.29 Å². The second-order valence-corrected chi connectivity index (χ2v) is 11.3. The first kappa shape index (κ1) is 38.4. The van der Waals surface area contributed by atoms with Crippen molar-refractivity contribution in [2.45, 2.75) is 51.4 Å². The van der Waals surface area contributed by atoms with Gasteiger partial charge in [0.25, 0.3) is 0 Å². The lowest BCUT2D eigenvalue weighted by molar-refractivity contribution is -0.145. The number of aryl methyl sites for hydroxylation is 1. The van der Waals surface area contributed by atoms with Gasteiger partial charge in [0.1, 0.15) is 11.8 Å². The van der Waals surface area contributed by atoms with Crippen LogP contribution in [0.3, 0.4) is 0 Å². The highest BCUT2D eigenvalue weighted by molar-refractivity contribution is 5.73. The molecule has 1 saturated heterocycles. The van der Waals surface area contributed by atoms with E-state index < -0.39 is 18.3 Å². The van der Waals surface area contributed by atoms with E-state index in [1.807, 2.05) is 43.9 Å². The minimum absolute atomic E-state index is 0.0540. The van der Waals surface area contributed by atoms with E-state index in [2.05, 4.69) is 6.92 Å². The molecule has 45 heavy (non-hydrogen) atoms. The van der Waals surface area contributed by atoms with E-state index in [-0.39, 0.29) is 31.6 Å². The Kier molecular flexibility index (Phi) is 18.6. The summed E-state index contributed by atoms with van der Waals surface area (Å²) in [5, 5.41) is 20.6. The maximum Gasteiger partial charge on any atom is 0.320 e. The van der Waals surface area contributed by atoms with Gasteiger partial charge in [-0.2, -0.15) is 0 Å². The Balaban J connectivity index is 2.17. The fourth-order valence-electron chi connectivity index (χ4n) is 5.20. The lowest BCUT2D eigenvalue weighted by Gasteiger charge is -2.36. The van der Waals surface area contributed by atoms with E-state index in [0.29, 0.717) is 71.8 Å². The van der Waals surface area contributed by atoms with Crippen LogP contribution in [-0.4, -0.2) is 160 Å². The average Bonchev–Trinajstić information content (AvgIpc) is 3.03. The number of carboxylic acid groups (broad SMARTS) is 1. The molecule has 0 aromatic heterocycles.